The SMILES string of the molecule is CN=C(NCCCNC(=O)OC(C)(C)C)NCC(c1ccc(C)o1)N1CCOCC1.I. The van der Waals surface area contributed by atoms with E-state index in [-0.39, 0.29) is 30.0 Å². The Hall–Kier alpha value is -1.53. The van der Waals surface area contributed by atoms with E-state index in [4.69, 9.17) is 13.9 Å². The summed E-state index contributed by atoms with van der Waals surface area (Å²) >= 11 is 0. The number of hydrogen-bond donors (Lipinski definition) is 3. The summed E-state index contributed by atoms with van der Waals surface area (Å²) in [5.74, 6) is 2.57. The van der Waals surface area contributed by atoms with Crippen LogP contribution in [0.15, 0.2) is 21.5 Å². The summed E-state index contributed by atoms with van der Waals surface area (Å²) in [6.07, 6.45) is 0.358. The first-order chi connectivity index (χ1) is 14.3. The highest BCUT2D eigenvalue weighted by atomic mass is 127. The van der Waals surface area contributed by atoms with Gasteiger partial charge in [-0.15, -0.1) is 24.0 Å². The quantitative estimate of drug-likeness (QED) is 0.198. The minimum absolute atomic E-state index is 0. The summed E-state index contributed by atoms with van der Waals surface area (Å²) in [6, 6.07) is 4.14. The van der Waals surface area contributed by atoms with E-state index >= 15 is 0 Å². The average Bonchev–Trinajstić information content (AvgIpc) is 3.11. The second-order valence-corrected chi connectivity index (χ2v) is 8.27. The van der Waals surface area contributed by atoms with Gasteiger partial charge in [-0.05, 0) is 46.2 Å². The number of carbonyl (C=O) groups excluding carboxylic acids is 1. The zero-order chi connectivity index (χ0) is 22.0. The summed E-state index contributed by atoms with van der Waals surface area (Å²) in [4.78, 5) is 18.3. The van der Waals surface area contributed by atoms with Crippen LogP contribution in [-0.2, 0) is 9.47 Å². The second kappa shape index (κ2) is 13.8. The van der Waals surface area contributed by atoms with Crippen molar-refractivity contribution < 1.29 is 18.7 Å². The van der Waals surface area contributed by atoms with Gasteiger partial charge in [0.15, 0.2) is 5.96 Å². The molecule has 0 bridgehead atoms. The molecule has 10 heteroatoms. The molecule has 1 unspecified atom stereocenters. The van der Waals surface area contributed by atoms with Crippen LogP contribution in [0.1, 0.15) is 44.8 Å². The highest BCUT2D eigenvalue weighted by Gasteiger charge is 2.25. The Balaban J connectivity index is 0.00000480. The van der Waals surface area contributed by atoms with Crippen LogP contribution >= 0.6 is 24.0 Å². The minimum atomic E-state index is -0.488. The van der Waals surface area contributed by atoms with E-state index in [0.29, 0.717) is 25.6 Å². The van der Waals surface area contributed by atoms with Crippen LogP contribution in [0.2, 0.25) is 0 Å². The van der Waals surface area contributed by atoms with E-state index in [1.165, 1.54) is 0 Å². The monoisotopic (exact) mass is 551 g/mol. The molecule has 31 heavy (non-hydrogen) atoms. The summed E-state index contributed by atoms with van der Waals surface area (Å²) in [5, 5.41) is 9.42. The third kappa shape index (κ3) is 10.6. The lowest BCUT2D eigenvalue weighted by molar-refractivity contribution is 0.0124. The molecule has 1 aromatic heterocycles. The van der Waals surface area contributed by atoms with Crippen LogP contribution in [0.5, 0.6) is 0 Å². The van der Waals surface area contributed by atoms with Gasteiger partial charge < -0.3 is 29.8 Å². The molecule has 2 rings (SSSR count). The maximum Gasteiger partial charge on any atom is 0.407 e. The van der Waals surface area contributed by atoms with Crippen molar-refractivity contribution in [3.8, 4) is 0 Å². The molecule has 178 valence electrons. The lowest BCUT2D eigenvalue weighted by Gasteiger charge is -2.33. The van der Waals surface area contributed by atoms with Crippen molar-refractivity contribution in [1.29, 1.82) is 0 Å². The molecule has 9 nitrogen and oxygen atoms in total. The van der Waals surface area contributed by atoms with Gasteiger partial charge in [0.2, 0.25) is 0 Å². The first-order valence-electron chi connectivity index (χ1n) is 10.6. The fourth-order valence-corrected chi connectivity index (χ4v) is 3.15. The van der Waals surface area contributed by atoms with Gasteiger partial charge in [-0.25, -0.2) is 4.79 Å². The van der Waals surface area contributed by atoms with Crippen molar-refractivity contribution in [2.24, 2.45) is 4.99 Å². The standard InChI is InChI=1S/C21H37N5O4.HI/c1-16-7-8-18(29-16)17(26-11-13-28-14-12-26)15-25-19(22-5)23-9-6-10-24-20(27)30-21(2,3)4;/h7-8,17H,6,9-15H2,1-5H3,(H,24,27)(H2,22,23,25);1H. The topological polar surface area (TPSA) is 100 Å². The van der Waals surface area contributed by atoms with E-state index in [1.54, 1.807) is 7.05 Å². The van der Waals surface area contributed by atoms with Crippen molar-refractivity contribution in [3.63, 3.8) is 0 Å². The van der Waals surface area contributed by atoms with Crippen LogP contribution in [0.25, 0.3) is 0 Å². The number of carbonyl (C=O) groups is 1. The molecule has 0 aromatic carbocycles. The number of rotatable bonds is 8. The number of aliphatic imine (C=N–C) groups is 1. The molecule has 1 fully saturated rings. The fraction of sp³-hybridized carbons (Fsp3) is 0.714. The minimum Gasteiger partial charge on any atom is -0.465 e. The molecule has 1 amide bonds. The van der Waals surface area contributed by atoms with Crippen molar-refractivity contribution in [1.82, 2.24) is 20.9 Å². The highest BCUT2D eigenvalue weighted by molar-refractivity contribution is 14.0. The number of furan rings is 1. The smallest absolute Gasteiger partial charge is 0.407 e. The number of morpholine rings is 1. The number of hydrogen-bond acceptors (Lipinski definition) is 6. The van der Waals surface area contributed by atoms with Crippen molar-refractivity contribution in [2.75, 3.05) is 53.0 Å². The predicted octanol–water partition coefficient (Wildman–Crippen LogP) is 2.66. The third-order valence-electron chi connectivity index (χ3n) is 4.58. The van der Waals surface area contributed by atoms with Crippen LogP contribution in [0.3, 0.4) is 0 Å². The average molecular weight is 551 g/mol. The predicted molar refractivity (Wildman–Crippen MR) is 132 cm³/mol. The summed E-state index contributed by atoms with van der Waals surface area (Å²) in [5.41, 5.74) is -0.488. The lowest BCUT2D eigenvalue weighted by atomic mass is 10.1. The summed E-state index contributed by atoms with van der Waals surface area (Å²) in [7, 11) is 1.75. The number of ether oxygens (including phenoxy) is 2. The Labute approximate surface area is 202 Å². The van der Waals surface area contributed by atoms with E-state index in [1.807, 2.05) is 39.8 Å². The third-order valence-corrected chi connectivity index (χ3v) is 4.58. The number of nitrogens with zero attached hydrogens (tertiary/aromatic N) is 2. The molecule has 3 N–H and O–H groups in total. The highest BCUT2D eigenvalue weighted by Crippen LogP contribution is 2.23. The molecule has 1 aliphatic rings. The fourth-order valence-electron chi connectivity index (χ4n) is 3.15. The lowest BCUT2D eigenvalue weighted by Crippen LogP contribution is -2.46. The van der Waals surface area contributed by atoms with Crippen LogP contribution in [0, 0.1) is 6.92 Å². The molecule has 0 aliphatic carbocycles. The van der Waals surface area contributed by atoms with E-state index in [9.17, 15) is 4.79 Å². The molecular formula is C21H38IN5O4. The molecular weight excluding hydrogens is 513 g/mol. The number of alkyl carbamates (subject to hydrolysis) is 1. The Morgan fingerprint density at radius 2 is 1.87 bits per heavy atom. The Kier molecular flexibility index (Phi) is 12.2. The summed E-state index contributed by atoms with van der Waals surface area (Å²) < 4.78 is 16.6. The van der Waals surface area contributed by atoms with Gasteiger partial charge in [-0.1, -0.05) is 0 Å². The molecule has 1 aliphatic heterocycles. The normalized spacial score (nSPS) is 16.2. The number of guanidine groups is 1. The Morgan fingerprint density at radius 3 is 2.45 bits per heavy atom. The number of halogens is 1. The molecule has 0 spiro atoms. The van der Waals surface area contributed by atoms with Crippen LogP contribution < -0.4 is 16.0 Å². The molecule has 2 heterocycles. The maximum atomic E-state index is 11.7. The first-order valence-corrected chi connectivity index (χ1v) is 10.6. The van der Waals surface area contributed by atoms with E-state index < -0.39 is 11.7 Å². The van der Waals surface area contributed by atoms with Crippen molar-refractivity contribution in [2.45, 2.75) is 45.8 Å². The maximum absolute atomic E-state index is 11.7. The number of nitrogens with one attached hydrogen (secondary N) is 3. The van der Waals surface area contributed by atoms with Crippen LogP contribution in [0.4, 0.5) is 4.79 Å². The molecule has 0 radical (unpaired) electrons. The summed E-state index contributed by atoms with van der Waals surface area (Å²) in [6.45, 7) is 12.6. The molecule has 1 saturated heterocycles. The van der Waals surface area contributed by atoms with Gasteiger partial charge in [0.25, 0.3) is 0 Å². The largest absolute Gasteiger partial charge is 0.465 e. The van der Waals surface area contributed by atoms with Gasteiger partial charge in [0, 0.05) is 39.8 Å². The Bertz CT molecular complexity index is 684. The second-order valence-electron chi connectivity index (χ2n) is 8.27. The van der Waals surface area contributed by atoms with Crippen molar-refractivity contribution >= 4 is 36.0 Å². The Morgan fingerprint density at radius 1 is 1.19 bits per heavy atom. The van der Waals surface area contributed by atoms with Gasteiger partial charge in [-0.3, -0.25) is 9.89 Å². The van der Waals surface area contributed by atoms with Gasteiger partial charge in [0.05, 0.1) is 19.3 Å². The van der Waals surface area contributed by atoms with E-state index in [2.05, 4.69) is 25.8 Å². The van der Waals surface area contributed by atoms with Gasteiger partial charge >= 0.3 is 6.09 Å². The van der Waals surface area contributed by atoms with Gasteiger partial charge in [-0.2, -0.15) is 0 Å². The first kappa shape index (κ1) is 27.5. The van der Waals surface area contributed by atoms with Crippen molar-refractivity contribution in [3.05, 3.63) is 23.7 Å². The molecule has 0 saturated carbocycles. The van der Waals surface area contributed by atoms with Crippen LogP contribution in [-0.4, -0.2) is 75.5 Å². The number of amides is 1. The zero-order valence-corrected chi connectivity index (χ0v) is 21.7. The number of aryl methyl sites for hydroxylation is 1. The molecule has 1 atom stereocenters. The van der Waals surface area contributed by atoms with Gasteiger partial charge in [0.1, 0.15) is 17.1 Å². The van der Waals surface area contributed by atoms with E-state index in [0.717, 1.165) is 44.2 Å². The molecule has 1 aromatic rings. The zero-order valence-electron chi connectivity index (χ0n) is 19.3.